The third-order valence-corrected chi connectivity index (χ3v) is 4.29. The highest BCUT2D eigenvalue weighted by atomic mass is 16.3. The number of aryl methyl sites for hydroxylation is 1. The molecule has 2 aromatic carbocycles. The van der Waals surface area contributed by atoms with Gasteiger partial charge in [0.25, 0.3) is 0 Å². The molecule has 0 aliphatic heterocycles. The van der Waals surface area contributed by atoms with Crippen molar-refractivity contribution in [2.45, 2.75) is 38.5 Å². The predicted octanol–water partition coefficient (Wildman–Crippen LogP) is 3.30. The lowest BCUT2D eigenvalue weighted by molar-refractivity contribution is 0.136. The Bertz CT molecular complexity index is 608. The van der Waals surface area contributed by atoms with Crippen LogP contribution in [-0.4, -0.2) is 11.2 Å². The largest absolute Gasteiger partial charge is 0.391 e. The zero-order valence-corrected chi connectivity index (χ0v) is 12.0. The highest BCUT2D eigenvalue weighted by molar-refractivity contribution is 5.37. The van der Waals surface area contributed by atoms with E-state index in [1.54, 1.807) is 0 Å². The highest BCUT2D eigenvalue weighted by Crippen LogP contribution is 2.33. The summed E-state index contributed by atoms with van der Waals surface area (Å²) >= 11 is 0. The molecule has 0 amide bonds. The first kappa shape index (κ1) is 13.3. The maximum Gasteiger partial charge on any atom is 0.0775 e. The summed E-state index contributed by atoms with van der Waals surface area (Å²) in [4.78, 5) is 0. The van der Waals surface area contributed by atoms with E-state index < -0.39 is 0 Å². The average molecular weight is 267 g/mol. The van der Waals surface area contributed by atoms with Crippen molar-refractivity contribution >= 4 is 0 Å². The Morgan fingerprint density at radius 3 is 2.60 bits per heavy atom. The van der Waals surface area contributed by atoms with Gasteiger partial charge in [-0.25, -0.2) is 0 Å². The number of fused-ring (bicyclic) bond motifs is 1. The van der Waals surface area contributed by atoms with Gasteiger partial charge >= 0.3 is 0 Å². The molecule has 2 aromatic rings. The molecule has 0 radical (unpaired) electrons. The van der Waals surface area contributed by atoms with E-state index in [0.29, 0.717) is 0 Å². The average Bonchev–Trinajstić information content (AvgIpc) is 2.76. The molecular formula is C18H21NO. The zero-order valence-electron chi connectivity index (χ0n) is 12.0. The molecule has 0 bridgehead atoms. The van der Waals surface area contributed by atoms with E-state index in [-0.39, 0.29) is 18.2 Å². The van der Waals surface area contributed by atoms with Gasteiger partial charge in [0.1, 0.15) is 0 Å². The minimum Gasteiger partial charge on any atom is -0.391 e. The van der Waals surface area contributed by atoms with Crippen molar-refractivity contribution in [2.24, 2.45) is 0 Å². The van der Waals surface area contributed by atoms with Crippen molar-refractivity contribution in [3.63, 3.8) is 0 Å². The molecule has 3 atom stereocenters. The molecule has 1 aliphatic carbocycles. The SMILES string of the molecule is Cc1ccccc1C(C)NC1c2ccccc2CC1O. The van der Waals surface area contributed by atoms with Crippen LogP contribution in [-0.2, 0) is 6.42 Å². The summed E-state index contributed by atoms with van der Waals surface area (Å²) in [5.74, 6) is 0. The fourth-order valence-electron chi connectivity index (χ4n) is 3.21. The van der Waals surface area contributed by atoms with Gasteiger partial charge in [0, 0.05) is 12.5 Å². The lowest BCUT2D eigenvalue weighted by atomic mass is 10.00. The second-order valence-electron chi connectivity index (χ2n) is 5.69. The summed E-state index contributed by atoms with van der Waals surface area (Å²) in [7, 11) is 0. The normalized spacial score (nSPS) is 22.6. The van der Waals surface area contributed by atoms with Crippen LogP contribution in [0.1, 0.15) is 41.3 Å². The van der Waals surface area contributed by atoms with Crippen LogP contribution < -0.4 is 5.32 Å². The van der Waals surface area contributed by atoms with Gasteiger partial charge < -0.3 is 10.4 Å². The Kier molecular flexibility index (Phi) is 3.60. The molecule has 2 nitrogen and oxygen atoms in total. The van der Waals surface area contributed by atoms with Crippen LogP contribution in [0.15, 0.2) is 48.5 Å². The molecule has 104 valence electrons. The first-order valence-corrected chi connectivity index (χ1v) is 7.24. The van der Waals surface area contributed by atoms with Crippen LogP contribution in [0.3, 0.4) is 0 Å². The maximum absolute atomic E-state index is 10.3. The summed E-state index contributed by atoms with van der Waals surface area (Å²) in [5, 5.41) is 13.9. The second kappa shape index (κ2) is 5.39. The third kappa shape index (κ3) is 2.37. The fraction of sp³-hybridized carbons (Fsp3) is 0.333. The van der Waals surface area contributed by atoms with Crippen LogP contribution >= 0.6 is 0 Å². The maximum atomic E-state index is 10.3. The molecule has 0 fully saturated rings. The zero-order chi connectivity index (χ0) is 14.1. The topological polar surface area (TPSA) is 32.3 Å². The summed E-state index contributed by atoms with van der Waals surface area (Å²) in [6, 6.07) is 17.0. The minimum atomic E-state index is -0.334. The molecule has 2 heteroatoms. The molecular weight excluding hydrogens is 246 g/mol. The Hall–Kier alpha value is -1.64. The molecule has 1 aliphatic rings. The van der Waals surface area contributed by atoms with Crippen molar-refractivity contribution in [3.05, 3.63) is 70.8 Å². The fourth-order valence-corrected chi connectivity index (χ4v) is 3.21. The Morgan fingerprint density at radius 2 is 1.80 bits per heavy atom. The Morgan fingerprint density at radius 1 is 1.10 bits per heavy atom. The van der Waals surface area contributed by atoms with Gasteiger partial charge in [0.05, 0.1) is 12.1 Å². The number of benzene rings is 2. The second-order valence-corrected chi connectivity index (χ2v) is 5.69. The lowest BCUT2D eigenvalue weighted by Gasteiger charge is -2.24. The summed E-state index contributed by atoms with van der Waals surface area (Å²) < 4.78 is 0. The molecule has 0 saturated carbocycles. The van der Waals surface area contributed by atoms with E-state index in [0.717, 1.165) is 6.42 Å². The first-order valence-electron chi connectivity index (χ1n) is 7.24. The van der Waals surface area contributed by atoms with E-state index in [9.17, 15) is 5.11 Å². The van der Waals surface area contributed by atoms with Crippen LogP contribution in [0.4, 0.5) is 0 Å². The van der Waals surface area contributed by atoms with E-state index in [1.807, 2.05) is 12.1 Å². The predicted molar refractivity (Wildman–Crippen MR) is 81.6 cm³/mol. The molecule has 0 heterocycles. The number of hydrogen-bond acceptors (Lipinski definition) is 2. The first-order chi connectivity index (χ1) is 9.66. The summed E-state index contributed by atoms with van der Waals surface area (Å²) in [6.45, 7) is 4.29. The molecule has 20 heavy (non-hydrogen) atoms. The monoisotopic (exact) mass is 267 g/mol. The third-order valence-electron chi connectivity index (χ3n) is 4.29. The number of aliphatic hydroxyl groups excluding tert-OH is 1. The standard InChI is InChI=1S/C18H21NO/c1-12-7-3-5-9-15(12)13(2)19-18-16-10-6-4-8-14(16)11-17(18)20/h3-10,13,17-20H,11H2,1-2H3. The summed E-state index contributed by atoms with van der Waals surface area (Å²) in [6.07, 6.45) is 0.410. The van der Waals surface area contributed by atoms with Crippen molar-refractivity contribution in [2.75, 3.05) is 0 Å². The van der Waals surface area contributed by atoms with Crippen molar-refractivity contribution in [1.82, 2.24) is 5.32 Å². The quantitative estimate of drug-likeness (QED) is 0.894. The number of hydrogen-bond donors (Lipinski definition) is 2. The number of rotatable bonds is 3. The van der Waals surface area contributed by atoms with Gasteiger partial charge in [-0.15, -0.1) is 0 Å². The molecule has 0 saturated heterocycles. The molecule has 0 aromatic heterocycles. The number of aliphatic hydroxyl groups is 1. The Labute approximate surface area is 120 Å². The van der Waals surface area contributed by atoms with Crippen LogP contribution in [0.2, 0.25) is 0 Å². The number of nitrogens with one attached hydrogen (secondary N) is 1. The smallest absolute Gasteiger partial charge is 0.0775 e. The van der Waals surface area contributed by atoms with E-state index >= 15 is 0 Å². The van der Waals surface area contributed by atoms with Gasteiger partial charge in [-0.2, -0.15) is 0 Å². The molecule has 2 N–H and O–H groups in total. The van der Waals surface area contributed by atoms with E-state index in [2.05, 4.69) is 55.6 Å². The van der Waals surface area contributed by atoms with Gasteiger partial charge in [0.15, 0.2) is 0 Å². The lowest BCUT2D eigenvalue weighted by Crippen LogP contribution is -2.31. The Balaban J connectivity index is 1.83. The van der Waals surface area contributed by atoms with E-state index in [4.69, 9.17) is 0 Å². The van der Waals surface area contributed by atoms with Crippen LogP contribution in [0.5, 0.6) is 0 Å². The van der Waals surface area contributed by atoms with Gasteiger partial charge in [0.2, 0.25) is 0 Å². The van der Waals surface area contributed by atoms with Gasteiger partial charge in [-0.3, -0.25) is 0 Å². The van der Waals surface area contributed by atoms with Gasteiger partial charge in [-0.05, 0) is 36.1 Å². The van der Waals surface area contributed by atoms with Crippen molar-refractivity contribution in [1.29, 1.82) is 0 Å². The summed E-state index contributed by atoms with van der Waals surface area (Å²) in [5.41, 5.74) is 5.08. The van der Waals surface area contributed by atoms with Crippen LogP contribution in [0, 0.1) is 6.92 Å². The highest BCUT2D eigenvalue weighted by Gasteiger charge is 2.31. The minimum absolute atomic E-state index is 0.0285. The van der Waals surface area contributed by atoms with Crippen molar-refractivity contribution < 1.29 is 5.11 Å². The van der Waals surface area contributed by atoms with Gasteiger partial charge in [-0.1, -0.05) is 48.5 Å². The van der Waals surface area contributed by atoms with Crippen molar-refractivity contribution in [3.8, 4) is 0 Å². The molecule has 0 spiro atoms. The van der Waals surface area contributed by atoms with Crippen LogP contribution in [0.25, 0.3) is 0 Å². The molecule has 3 unspecified atom stereocenters. The van der Waals surface area contributed by atoms with E-state index in [1.165, 1.54) is 22.3 Å². The molecule has 3 rings (SSSR count).